The molecule has 2 fully saturated rings. The highest BCUT2D eigenvalue weighted by Crippen LogP contribution is 2.39. The Morgan fingerprint density at radius 2 is 1.76 bits per heavy atom. The van der Waals surface area contributed by atoms with E-state index in [-0.39, 0.29) is 11.8 Å². The number of hydrogen-bond acceptors (Lipinski definition) is 2. The molecule has 0 aromatic rings. The Morgan fingerprint density at radius 1 is 1.24 bits per heavy atom. The van der Waals surface area contributed by atoms with Crippen molar-refractivity contribution in [2.75, 3.05) is 32.7 Å². The lowest BCUT2D eigenvalue weighted by Crippen LogP contribution is -2.51. The molecule has 0 aromatic carbocycles. The molecule has 3 nitrogen and oxygen atoms in total. The summed E-state index contributed by atoms with van der Waals surface area (Å²) in [6.07, 6.45) is -3.21. The van der Waals surface area contributed by atoms with Gasteiger partial charge in [0.25, 0.3) is 0 Å². The fourth-order valence-corrected chi connectivity index (χ4v) is 2.28. The third kappa shape index (κ3) is 3.34. The van der Waals surface area contributed by atoms with Crippen molar-refractivity contribution in [3.63, 3.8) is 0 Å². The van der Waals surface area contributed by atoms with Crippen LogP contribution in [0.4, 0.5) is 13.2 Å². The quantitative estimate of drug-likeness (QED) is 0.738. The second kappa shape index (κ2) is 4.48. The van der Waals surface area contributed by atoms with Crippen LogP contribution in [-0.2, 0) is 4.79 Å². The second-order valence-electron chi connectivity index (χ2n) is 5.04. The highest BCUT2D eigenvalue weighted by molar-refractivity contribution is 5.81. The van der Waals surface area contributed by atoms with Crippen molar-refractivity contribution in [2.45, 2.75) is 19.5 Å². The number of carbonyl (C=O) groups excluding carboxylic acids is 1. The molecule has 1 amide bonds. The van der Waals surface area contributed by atoms with Crippen molar-refractivity contribution < 1.29 is 18.0 Å². The summed E-state index contributed by atoms with van der Waals surface area (Å²) in [7, 11) is 0. The van der Waals surface area contributed by atoms with E-state index in [1.165, 1.54) is 4.90 Å². The monoisotopic (exact) mass is 250 g/mol. The molecule has 0 N–H and O–H groups in total. The molecule has 1 saturated carbocycles. The fraction of sp³-hybridized carbons (Fsp3) is 0.909. The van der Waals surface area contributed by atoms with E-state index >= 15 is 0 Å². The van der Waals surface area contributed by atoms with Gasteiger partial charge >= 0.3 is 6.18 Å². The molecule has 1 aliphatic carbocycles. The summed E-state index contributed by atoms with van der Waals surface area (Å²) in [6.45, 7) is 2.67. The molecule has 17 heavy (non-hydrogen) atoms. The third-order valence-electron chi connectivity index (χ3n) is 3.51. The van der Waals surface area contributed by atoms with Gasteiger partial charge in [-0.05, 0) is 12.3 Å². The average molecular weight is 250 g/mol. The van der Waals surface area contributed by atoms with E-state index in [9.17, 15) is 18.0 Å². The summed E-state index contributed by atoms with van der Waals surface area (Å²) < 4.78 is 36.5. The zero-order valence-corrected chi connectivity index (χ0v) is 9.83. The number of hydrogen-bond donors (Lipinski definition) is 0. The van der Waals surface area contributed by atoms with Gasteiger partial charge < -0.3 is 4.90 Å². The zero-order valence-electron chi connectivity index (χ0n) is 9.83. The van der Waals surface area contributed by atoms with Crippen LogP contribution in [0.3, 0.4) is 0 Å². The van der Waals surface area contributed by atoms with E-state index in [0.717, 1.165) is 6.42 Å². The van der Waals surface area contributed by atoms with Crippen molar-refractivity contribution in [3.8, 4) is 0 Å². The molecule has 2 atom stereocenters. The molecule has 0 spiro atoms. The largest absolute Gasteiger partial charge is 0.401 e. The van der Waals surface area contributed by atoms with Gasteiger partial charge in [0.1, 0.15) is 0 Å². The number of halogens is 3. The van der Waals surface area contributed by atoms with Gasteiger partial charge in [-0.3, -0.25) is 9.69 Å². The number of carbonyl (C=O) groups is 1. The summed E-state index contributed by atoms with van der Waals surface area (Å²) in [4.78, 5) is 14.9. The van der Waals surface area contributed by atoms with Crippen LogP contribution in [0.1, 0.15) is 13.3 Å². The minimum atomic E-state index is -4.14. The van der Waals surface area contributed by atoms with Crippen LogP contribution < -0.4 is 0 Å². The highest BCUT2D eigenvalue weighted by Gasteiger charge is 2.42. The first-order chi connectivity index (χ1) is 7.87. The lowest BCUT2D eigenvalue weighted by atomic mass is 10.2. The smallest absolute Gasteiger partial charge is 0.340 e. The molecule has 0 radical (unpaired) electrons. The van der Waals surface area contributed by atoms with E-state index in [2.05, 4.69) is 0 Å². The van der Waals surface area contributed by atoms with Gasteiger partial charge in [0, 0.05) is 32.1 Å². The third-order valence-corrected chi connectivity index (χ3v) is 3.51. The molecule has 98 valence electrons. The number of piperazine rings is 1. The zero-order chi connectivity index (χ0) is 12.6. The number of nitrogens with zero attached hydrogens (tertiary/aromatic N) is 2. The summed E-state index contributed by atoms with van der Waals surface area (Å²) in [5.41, 5.74) is 0. The van der Waals surface area contributed by atoms with Gasteiger partial charge in [-0.1, -0.05) is 6.92 Å². The predicted octanol–water partition coefficient (Wildman–Crippen LogP) is 1.35. The van der Waals surface area contributed by atoms with Crippen LogP contribution in [0.15, 0.2) is 0 Å². The number of rotatable bonds is 2. The van der Waals surface area contributed by atoms with Crippen LogP contribution >= 0.6 is 0 Å². The van der Waals surface area contributed by atoms with Crippen molar-refractivity contribution in [3.05, 3.63) is 0 Å². The standard InChI is InChI=1S/C11H17F3N2O/c1-8-6-9(8)10(17)16-4-2-15(3-5-16)7-11(12,13)14/h8-9H,2-7H2,1H3. The molecule has 6 heteroatoms. The van der Waals surface area contributed by atoms with Crippen LogP contribution in [0.2, 0.25) is 0 Å². The van der Waals surface area contributed by atoms with Crippen LogP contribution in [0.25, 0.3) is 0 Å². The minimum absolute atomic E-state index is 0.129. The average Bonchev–Trinajstić information content (AvgIpc) is 2.93. The Morgan fingerprint density at radius 3 is 2.18 bits per heavy atom. The lowest BCUT2D eigenvalue weighted by Gasteiger charge is -2.35. The minimum Gasteiger partial charge on any atom is -0.340 e. The molecule has 1 aliphatic heterocycles. The van der Waals surface area contributed by atoms with E-state index in [4.69, 9.17) is 0 Å². The predicted molar refractivity (Wildman–Crippen MR) is 56.3 cm³/mol. The van der Waals surface area contributed by atoms with Crippen molar-refractivity contribution in [1.82, 2.24) is 9.80 Å². The molecule has 1 saturated heterocycles. The Labute approximate surface area is 98.6 Å². The Bertz CT molecular complexity index is 298. The van der Waals surface area contributed by atoms with Gasteiger partial charge in [0.15, 0.2) is 0 Å². The molecule has 1 heterocycles. The van der Waals surface area contributed by atoms with Crippen molar-refractivity contribution in [1.29, 1.82) is 0 Å². The molecular formula is C11H17F3N2O. The van der Waals surface area contributed by atoms with Crippen molar-refractivity contribution >= 4 is 5.91 Å². The van der Waals surface area contributed by atoms with E-state index in [1.54, 1.807) is 4.90 Å². The highest BCUT2D eigenvalue weighted by atomic mass is 19.4. The van der Waals surface area contributed by atoms with Crippen LogP contribution in [0, 0.1) is 11.8 Å². The summed E-state index contributed by atoms with van der Waals surface area (Å²) in [6, 6.07) is 0. The maximum Gasteiger partial charge on any atom is 0.401 e. The Balaban J connectivity index is 1.76. The number of amides is 1. The van der Waals surface area contributed by atoms with Gasteiger partial charge in [0.05, 0.1) is 6.54 Å². The van der Waals surface area contributed by atoms with Crippen LogP contribution in [-0.4, -0.2) is 54.6 Å². The maximum atomic E-state index is 12.2. The topological polar surface area (TPSA) is 23.6 Å². The SMILES string of the molecule is CC1CC1C(=O)N1CCN(CC(F)(F)F)CC1. The first kappa shape index (κ1) is 12.7. The first-order valence-electron chi connectivity index (χ1n) is 5.95. The molecule has 2 rings (SSSR count). The molecular weight excluding hydrogens is 233 g/mol. The Hall–Kier alpha value is -0.780. The molecule has 2 aliphatic rings. The molecule has 0 bridgehead atoms. The van der Waals surface area contributed by atoms with Gasteiger partial charge in [-0.15, -0.1) is 0 Å². The normalized spacial score (nSPS) is 30.5. The van der Waals surface area contributed by atoms with E-state index in [0.29, 0.717) is 32.1 Å². The number of alkyl halides is 3. The summed E-state index contributed by atoms with van der Waals surface area (Å²) >= 11 is 0. The first-order valence-corrected chi connectivity index (χ1v) is 5.95. The molecule has 0 aromatic heterocycles. The van der Waals surface area contributed by atoms with Gasteiger partial charge in [-0.25, -0.2) is 0 Å². The summed E-state index contributed by atoms with van der Waals surface area (Å²) in [5.74, 6) is 0.712. The lowest BCUT2D eigenvalue weighted by molar-refractivity contribution is -0.152. The Kier molecular flexibility index (Phi) is 3.34. The van der Waals surface area contributed by atoms with Gasteiger partial charge in [0.2, 0.25) is 5.91 Å². The van der Waals surface area contributed by atoms with E-state index in [1.807, 2.05) is 6.92 Å². The van der Waals surface area contributed by atoms with E-state index < -0.39 is 12.7 Å². The summed E-state index contributed by atoms with van der Waals surface area (Å²) in [5, 5.41) is 0. The second-order valence-corrected chi connectivity index (χ2v) is 5.04. The molecule has 2 unspecified atom stereocenters. The van der Waals surface area contributed by atoms with Crippen molar-refractivity contribution in [2.24, 2.45) is 11.8 Å². The maximum absolute atomic E-state index is 12.2. The van der Waals surface area contributed by atoms with Crippen LogP contribution in [0.5, 0.6) is 0 Å². The van der Waals surface area contributed by atoms with Gasteiger partial charge in [-0.2, -0.15) is 13.2 Å². The fourth-order valence-electron chi connectivity index (χ4n) is 2.28.